The van der Waals surface area contributed by atoms with E-state index in [1.807, 2.05) is 17.5 Å². The molecule has 1 heterocycles. The van der Waals surface area contributed by atoms with Crippen molar-refractivity contribution in [1.82, 2.24) is 4.98 Å². The van der Waals surface area contributed by atoms with Gasteiger partial charge in [-0.15, -0.1) is 11.3 Å². The van der Waals surface area contributed by atoms with Crippen molar-refractivity contribution in [2.24, 2.45) is 0 Å². The molecular formula is C13H13NO2S. The van der Waals surface area contributed by atoms with Gasteiger partial charge >= 0.3 is 5.97 Å². The lowest BCUT2D eigenvalue weighted by Crippen LogP contribution is -2.00. The van der Waals surface area contributed by atoms with Gasteiger partial charge in [-0.05, 0) is 18.1 Å². The van der Waals surface area contributed by atoms with Gasteiger partial charge in [0.15, 0.2) is 0 Å². The molecule has 4 heteroatoms. The molecule has 2 rings (SSSR count). The van der Waals surface area contributed by atoms with Crippen LogP contribution in [0.25, 0.3) is 0 Å². The fourth-order valence-corrected chi connectivity index (χ4v) is 2.45. The summed E-state index contributed by atoms with van der Waals surface area (Å²) < 4.78 is 0. The molecule has 17 heavy (non-hydrogen) atoms. The molecule has 0 aliphatic heterocycles. The summed E-state index contributed by atoms with van der Waals surface area (Å²) in [5, 5.41) is 11.5. The van der Waals surface area contributed by atoms with Crippen molar-refractivity contribution < 1.29 is 9.90 Å². The molecule has 0 amide bonds. The number of benzene rings is 1. The van der Waals surface area contributed by atoms with Gasteiger partial charge in [-0.2, -0.15) is 0 Å². The standard InChI is InChI=1S/C13H13NO2S/c1-9-4-2-3-5-10(9)6-12-14-11(8-17-12)7-13(15)16/h2-5,8H,6-7H2,1H3,(H,15,16). The number of aliphatic carboxylic acids is 1. The predicted octanol–water partition coefficient (Wildman–Crippen LogP) is 2.67. The molecule has 0 aliphatic carbocycles. The van der Waals surface area contributed by atoms with Gasteiger partial charge in [0, 0.05) is 11.8 Å². The van der Waals surface area contributed by atoms with Crippen molar-refractivity contribution in [1.29, 1.82) is 0 Å². The van der Waals surface area contributed by atoms with Crippen LogP contribution in [-0.4, -0.2) is 16.1 Å². The van der Waals surface area contributed by atoms with Crippen LogP contribution in [0.1, 0.15) is 21.8 Å². The summed E-state index contributed by atoms with van der Waals surface area (Å²) in [6.45, 7) is 2.07. The summed E-state index contributed by atoms with van der Waals surface area (Å²) in [6, 6.07) is 8.17. The number of aryl methyl sites for hydroxylation is 1. The van der Waals surface area contributed by atoms with E-state index in [2.05, 4.69) is 24.0 Å². The van der Waals surface area contributed by atoms with Crippen LogP contribution in [0.15, 0.2) is 29.6 Å². The molecular weight excluding hydrogens is 234 g/mol. The first-order valence-electron chi connectivity index (χ1n) is 5.35. The Bertz CT molecular complexity index is 534. The Morgan fingerprint density at radius 1 is 1.41 bits per heavy atom. The van der Waals surface area contributed by atoms with Crippen LogP contribution in [0, 0.1) is 6.92 Å². The first-order chi connectivity index (χ1) is 8.15. The Labute approximate surface area is 104 Å². The molecule has 0 saturated carbocycles. The van der Waals surface area contributed by atoms with Crippen molar-refractivity contribution >= 4 is 17.3 Å². The third-order valence-electron chi connectivity index (χ3n) is 2.53. The highest BCUT2D eigenvalue weighted by Crippen LogP contribution is 2.17. The van der Waals surface area contributed by atoms with Gasteiger partial charge in [-0.1, -0.05) is 24.3 Å². The summed E-state index contributed by atoms with van der Waals surface area (Å²) in [6.07, 6.45) is 0.779. The van der Waals surface area contributed by atoms with Gasteiger partial charge in [0.1, 0.15) is 0 Å². The maximum atomic E-state index is 10.6. The first kappa shape index (κ1) is 11.8. The van der Waals surface area contributed by atoms with E-state index in [4.69, 9.17) is 5.11 Å². The van der Waals surface area contributed by atoms with Gasteiger partial charge in [0.2, 0.25) is 0 Å². The number of thiazole rings is 1. The minimum absolute atomic E-state index is 0.00424. The Hall–Kier alpha value is -1.68. The monoisotopic (exact) mass is 247 g/mol. The highest BCUT2D eigenvalue weighted by atomic mass is 32.1. The summed E-state index contributed by atoms with van der Waals surface area (Å²) in [4.78, 5) is 14.9. The molecule has 0 spiro atoms. The number of hydrogen-bond acceptors (Lipinski definition) is 3. The van der Waals surface area contributed by atoms with E-state index >= 15 is 0 Å². The second kappa shape index (κ2) is 5.10. The highest BCUT2D eigenvalue weighted by Gasteiger charge is 2.07. The molecule has 0 fully saturated rings. The fourth-order valence-electron chi connectivity index (χ4n) is 1.64. The molecule has 0 unspecified atom stereocenters. The van der Waals surface area contributed by atoms with Crippen LogP contribution in [-0.2, 0) is 17.6 Å². The largest absolute Gasteiger partial charge is 0.481 e. The molecule has 3 nitrogen and oxygen atoms in total. The van der Waals surface area contributed by atoms with Crippen molar-refractivity contribution in [2.45, 2.75) is 19.8 Å². The Morgan fingerprint density at radius 2 is 2.18 bits per heavy atom. The van der Waals surface area contributed by atoms with Crippen molar-refractivity contribution in [3.63, 3.8) is 0 Å². The van der Waals surface area contributed by atoms with Crippen LogP contribution in [0.4, 0.5) is 0 Å². The number of aromatic nitrogens is 1. The van der Waals surface area contributed by atoms with Crippen LogP contribution in [0.2, 0.25) is 0 Å². The van der Waals surface area contributed by atoms with E-state index < -0.39 is 5.97 Å². The normalized spacial score (nSPS) is 10.4. The maximum absolute atomic E-state index is 10.6. The second-order valence-corrected chi connectivity index (χ2v) is 4.85. The molecule has 0 aliphatic rings. The Morgan fingerprint density at radius 3 is 2.88 bits per heavy atom. The van der Waals surface area contributed by atoms with E-state index in [-0.39, 0.29) is 6.42 Å². The smallest absolute Gasteiger partial charge is 0.309 e. The Balaban J connectivity index is 2.12. The van der Waals surface area contributed by atoms with Crippen LogP contribution in [0.5, 0.6) is 0 Å². The van der Waals surface area contributed by atoms with E-state index in [9.17, 15) is 4.79 Å². The summed E-state index contributed by atoms with van der Waals surface area (Å²) in [5.41, 5.74) is 3.12. The third-order valence-corrected chi connectivity index (χ3v) is 3.43. The summed E-state index contributed by atoms with van der Waals surface area (Å²) >= 11 is 1.52. The zero-order valence-corrected chi connectivity index (χ0v) is 10.3. The number of carbonyl (C=O) groups is 1. The average molecular weight is 247 g/mol. The molecule has 1 N–H and O–H groups in total. The van der Waals surface area contributed by atoms with Gasteiger partial charge in [0.05, 0.1) is 17.1 Å². The third kappa shape index (κ3) is 3.14. The zero-order chi connectivity index (χ0) is 12.3. The summed E-state index contributed by atoms with van der Waals surface area (Å²) in [5.74, 6) is -0.835. The topological polar surface area (TPSA) is 50.2 Å². The van der Waals surface area contributed by atoms with Crippen molar-refractivity contribution in [3.05, 3.63) is 51.5 Å². The van der Waals surface area contributed by atoms with E-state index in [1.54, 1.807) is 0 Å². The number of carboxylic acids is 1. The zero-order valence-electron chi connectivity index (χ0n) is 9.51. The highest BCUT2D eigenvalue weighted by molar-refractivity contribution is 7.09. The van der Waals surface area contributed by atoms with Crippen LogP contribution >= 0.6 is 11.3 Å². The van der Waals surface area contributed by atoms with Crippen LogP contribution in [0.3, 0.4) is 0 Å². The molecule has 0 atom stereocenters. The number of rotatable bonds is 4. The second-order valence-electron chi connectivity index (χ2n) is 3.91. The number of nitrogens with zero attached hydrogens (tertiary/aromatic N) is 1. The van der Waals surface area contributed by atoms with Crippen molar-refractivity contribution in [2.75, 3.05) is 0 Å². The number of carboxylic acid groups (broad SMARTS) is 1. The van der Waals surface area contributed by atoms with Gasteiger partial charge in [-0.25, -0.2) is 4.98 Å². The molecule has 88 valence electrons. The molecule has 1 aromatic heterocycles. The molecule has 0 radical (unpaired) electrons. The fraction of sp³-hybridized carbons (Fsp3) is 0.231. The van der Waals surface area contributed by atoms with Gasteiger partial charge < -0.3 is 5.11 Å². The Kier molecular flexibility index (Phi) is 3.54. The number of hydrogen-bond donors (Lipinski definition) is 1. The first-order valence-corrected chi connectivity index (χ1v) is 6.22. The van der Waals surface area contributed by atoms with Crippen LogP contribution < -0.4 is 0 Å². The SMILES string of the molecule is Cc1ccccc1Cc1nc(CC(=O)O)cs1. The lowest BCUT2D eigenvalue weighted by Gasteiger charge is -2.01. The minimum Gasteiger partial charge on any atom is -0.481 e. The lowest BCUT2D eigenvalue weighted by atomic mass is 10.1. The van der Waals surface area contributed by atoms with Gasteiger partial charge in [-0.3, -0.25) is 4.79 Å². The molecule has 2 aromatic rings. The van der Waals surface area contributed by atoms with Gasteiger partial charge in [0.25, 0.3) is 0 Å². The maximum Gasteiger partial charge on any atom is 0.309 e. The molecule has 0 saturated heterocycles. The quantitative estimate of drug-likeness (QED) is 0.903. The molecule has 0 bridgehead atoms. The molecule has 1 aromatic carbocycles. The van der Waals surface area contributed by atoms with E-state index in [0.717, 1.165) is 11.4 Å². The van der Waals surface area contributed by atoms with E-state index in [0.29, 0.717) is 5.69 Å². The van der Waals surface area contributed by atoms with E-state index in [1.165, 1.54) is 22.5 Å². The predicted molar refractivity (Wildman–Crippen MR) is 67.4 cm³/mol. The minimum atomic E-state index is -0.835. The van der Waals surface area contributed by atoms with Crippen molar-refractivity contribution in [3.8, 4) is 0 Å². The summed E-state index contributed by atoms with van der Waals surface area (Å²) in [7, 11) is 0. The average Bonchev–Trinajstić information content (AvgIpc) is 2.68. The lowest BCUT2D eigenvalue weighted by molar-refractivity contribution is -0.136.